The number of aryl methyl sites for hydroxylation is 1. The smallest absolute Gasteiger partial charge is 0.0568 e. The number of para-hydroxylation sites is 2. The van der Waals surface area contributed by atoms with E-state index in [1.54, 1.807) is 0 Å². The molecule has 0 fully saturated rings. The van der Waals surface area contributed by atoms with Crippen molar-refractivity contribution in [2.45, 2.75) is 0 Å². The van der Waals surface area contributed by atoms with Gasteiger partial charge >= 0.3 is 0 Å². The Kier molecular flexibility index (Phi) is 6.39. The van der Waals surface area contributed by atoms with Crippen LogP contribution in [0, 0.1) is 0 Å². The molecule has 1 aromatic heterocycles. The number of hydrogen-bond donors (Lipinski definition) is 0. The first-order valence-corrected chi connectivity index (χ1v) is 16.2. The van der Waals surface area contributed by atoms with Crippen LogP contribution in [-0.4, -0.2) is 4.57 Å². The number of anilines is 3. The lowest BCUT2D eigenvalue weighted by atomic mass is 9.97. The first-order valence-electron chi connectivity index (χ1n) is 16.2. The van der Waals surface area contributed by atoms with Crippen LogP contribution in [0.25, 0.3) is 65.6 Å². The molecule has 9 rings (SSSR count). The molecule has 47 heavy (non-hydrogen) atoms. The molecule has 0 amide bonds. The van der Waals surface area contributed by atoms with Gasteiger partial charge in [-0.25, -0.2) is 0 Å². The van der Waals surface area contributed by atoms with Gasteiger partial charge in [-0.1, -0.05) is 133 Å². The average molecular weight is 601 g/mol. The van der Waals surface area contributed by atoms with Gasteiger partial charge in [-0.3, -0.25) is 0 Å². The maximum absolute atomic E-state index is 2.35. The zero-order valence-electron chi connectivity index (χ0n) is 26.1. The molecule has 1 heterocycles. The van der Waals surface area contributed by atoms with Crippen molar-refractivity contribution in [1.82, 2.24) is 4.57 Å². The van der Waals surface area contributed by atoms with E-state index < -0.39 is 0 Å². The van der Waals surface area contributed by atoms with Crippen molar-refractivity contribution < 1.29 is 0 Å². The monoisotopic (exact) mass is 600 g/mol. The number of fused-ring (bicyclic) bond motifs is 6. The van der Waals surface area contributed by atoms with Gasteiger partial charge in [0.05, 0.1) is 5.52 Å². The van der Waals surface area contributed by atoms with Crippen molar-refractivity contribution in [3.63, 3.8) is 0 Å². The molecule has 8 aromatic carbocycles. The van der Waals surface area contributed by atoms with Gasteiger partial charge < -0.3 is 9.47 Å². The van der Waals surface area contributed by atoms with Crippen molar-refractivity contribution in [3.8, 4) is 22.3 Å². The van der Waals surface area contributed by atoms with Crippen LogP contribution in [0.1, 0.15) is 0 Å². The number of nitrogens with zero attached hydrogens (tertiary/aromatic N) is 2. The van der Waals surface area contributed by atoms with Gasteiger partial charge in [0.2, 0.25) is 0 Å². The summed E-state index contributed by atoms with van der Waals surface area (Å²) in [6.45, 7) is 0. The van der Waals surface area contributed by atoms with E-state index in [-0.39, 0.29) is 0 Å². The van der Waals surface area contributed by atoms with E-state index >= 15 is 0 Å². The van der Waals surface area contributed by atoms with E-state index in [0.29, 0.717) is 0 Å². The summed E-state index contributed by atoms with van der Waals surface area (Å²) in [4.78, 5) is 2.33. The van der Waals surface area contributed by atoms with E-state index in [1.807, 2.05) is 0 Å². The molecule has 0 aliphatic rings. The average Bonchev–Trinajstić information content (AvgIpc) is 3.44. The molecule has 2 nitrogen and oxygen atoms in total. The first-order chi connectivity index (χ1) is 23.2. The van der Waals surface area contributed by atoms with Crippen molar-refractivity contribution in [1.29, 1.82) is 0 Å². The minimum atomic E-state index is 1.13. The van der Waals surface area contributed by atoms with Gasteiger partial charge in [-0.15, -0.1) is 0 Å². The van der Waals surface area contributed by atoms with E-state index in [0.717, 1.165) is 17.1 Å². The molecular formula is C45H32N2. The Balaban J connectivity index is 1.08. The van der Waals surface area contributed by atoms with E-state index in [4.69, 9.17) is 0 Å². The zero-order chi connectivity index (χ0) is 31.3. The minimum absolute atomic E-state index is 1.13. The zero-order valence-corrected chi connectivity index (χ0v) is 26.1. The second-order valence-corrected chi connectivity index (χ2v) is 12.3. The summed E-state index contributed by atoms with van der Waals surface area (Å²) < 4.78 is 2.35. The van der Waals surface area contributed by atoms with Crippen LogP contribution in [-0.2, 0) is 7.05 Å². The van der Waals surface area contributed by atoms with Crippen LogP contribution < -0.4 is 4.90 Å². The fourth-order valence-electron chi connectivity index (χ4n) is 7.27. The number of benzene rings is 8. The third-order valence-corrected chi connectivity index (χ3v) is 9.57. The lowest BCUT2D eigenvalue weighted by Crippen LogP contribution is -2.09. The second kappa shape index (κ2) is 11.0. The van der Waals surface area contributed by atoms with Gasteiger partial charge in [0.25, 0.3) is 0 Å². The van der Waals surface area contributed by atoms with Gasteiger partial charge in [0.15, 0.2) is 0 Å². The Labute approximate surface area is 274 Å². The third-order valence-electron chi connectivity index (χ3n) is 9.57. The molecule has 0 N–H and O–H groups in total. The third kappa shape index (κ3) is 4.57. The molecule has 0 atom stereocenters. The van der Waals surface area contributed by atoms with Crippen molar-refractivity contribution in [3.05, 3.63) is 176 Å². The Morgan fingerprint density at radius 3 is 1.77 bits per heavy atom. The summed E-state index contributed by atoms with van der Waals surface area (Å²) in [5.41, 5.74) is 10.8. The normalized spacial score (nSPS) is 11.5. The van der Waals surface area contributed by atoms with Crippen molar-refractivity contribution in [2.24, 2.45) is 7.05 Å². The molecule has 0 unspecified atom stereocenters. The van der Waals surface area contributed by atoms with Crippen LogP contribution in [0.5, 0.6) is 0 Å². The highest BCUT2D eigenvalue weighted by molar-refractivity contribution is 6.22. The predicted molar refractivity (Wildman–Crippen MR) is 201 cm³/mol. The molecule has 2 heteroatoms. The molecule has 0 aliphatic heterocycles. The quantitative estimate of drug-likeness (QED) is 0.191. The molecule has 0 spiro atoms. The van der Waals surface area contributed by atoms with Gasteiger partial charge in [-0.2, -0.15) is 0 Å². The lowest BCUT2D eigenvalue weighted by molar-refractivity contribution is 1.02. The summed E-state index contributed by atoms with van der Waals surface area (Å²) in [7, 11) is 2.19. The van der Waals surface area contributed by atoms with Crippen molar-refractivity contribution >= 4 is 60.4 Å². The van der Waals surface area contributed by atoms with E-state index in [1.165, 1.54) is 65.6 Å². The highest BCUT2D eigenvalue weighted by Crippen LogP contribution is 2.40. The SMILES string of the molecule is Cn1c2ccc3ccccc3c2c2cccc(-c3ccc(-c4ccc(N(c5ccccc5)c5ccc6ccccc6c5)cc4)cc3)c21. The van der Waals surface area contributed by atoms with Gasteiger partial charge in [0.1, 0.15) is 0 Å². The largest absolute Gasteiger partial charge is 0.343 e. The maximum Gasteiger partial charge on any atom is 0.0568 e. The maximum atomic E-state index is 2.35. The molecule has 0 radical (unpaired) electrons. The summed E-state index contributed by atoms with van der Waals surface area (Å²) in [6.07, 6.45) is 0. The van der Waals surface area contributed by atoms with Crippen LogP contribution in [0.2, 0.25) is 0 Å². The van der Waals surface area contributed by atoms with Crippen LogP contribution in [0.15, 0.2) is 176 Å². The lowest BCUT2D eigenvalue weighted by Gasteiger charge is -2.26. The van der Waals surface area contributed by atoms with Crippen molar-refractivity contribution in [2.75, 3.05) is 4.90 Å². The number of rotatable bonds is 5. The van der Waals surface area contributed by atoms with Crippen LogP contribution in [0.4, 0.5) is 17.1 Å². The summed E-state index contributed by atoms with van der Waals surface area (Å²) in [5, 5.41) is 7.68. The molecular weight excluding hydrogens is 569 g/mol. The van der Waals surface area contributed by atoms with Gasteiger partial charge in [-0.05, 0) is 80.7 Å². The summed E-state index contributed by atoms with van der Waals surface area (Å²) in [5.74, 6) is 0. The molecule has 222 valence electrons. The van der Waals surface area contributed by atoms with Crippen LogP contribution in [0.3, 0.4) is 0 Å². The fourth-order valence-corrected chi connectivity index (χ4v) is 7.27. The topological polar surface area (TPSA) is 8.17 Å². The van der Waals surface area contributed by atoms with E-state index in [2.05, 4.69) is 192 Å². The summed E-state index contributed by atoms with van der Waals surface area (Å²) >= 11 is 0. The highest BCUT2D eigenvalue weighted by atomic mass is 15.1. The number of aromatic nitrogens is 1. The Morgan fingerprint density at radius 2 is 0.979 bits per heavy atom. The van der Waals surface area contributed by atoms with E-state index in [9.17, 15) is 0 Å². The fraction of sp³-hybridized carbons (Fsp3) is 0.0222. The Morgan fingerprint density at radius 1 is 0.404 bits per heavy atom. The predicted octanol–water partition coefficient (Wildman–Crippen LogP) is 12.4. The van der Waals surface area contributed by atoms with Gasteiger partial charge in [0, 0.05) is 46.0 Å². The highest BCUT2D eigenvalue weighted by Gasteiger charge is 2.16. The van der Waals surface area contributed by atoms with Crippen LogP contribution >= 0.6 is 0 Å². The standard InChI is InChI=1S/C45H32N2/c1-46-43-29-25-34-11-7-8-15-40(34)44(43)42-17-9-16-41(45(42)46)35-20-18-32(19-21-35)33-22-26-38(27-23-33)47(37-13-3-2-4-14-37)39-28-24-31-10-5-6-12-36(31)30-39/h2-30H,1H3. The molecule has 0 saturated heterocycles. The number of hydrogen-bond acceptors (Lipinski definition) is 1. The molecule has 0 bridgehead atoms. The first kappa shape index (κ1) is 27.2. The molecule has 0 saturated carbocycles. The molecule has 9 aromatic rings. The molecule has 0 aliphatic carbocycles. The second-order valence-electron chi connectivity index (χ2n) is 12.3. The Hall–Kier alpha value is -6.12. The minimum Gasteiger partial charge on any atom is -0.343 e. The summed E-state index contributed by atoms with van der Waals surface area (Å²) in [6, 6.07) is 63.7. The Bertz CT molecular complexity index is 2560.